The number of nitrogens with zero attached hydrogens (tertiary/aromatic N) is 2. The van der Waals surface area contributed by atoms with Crippen molar-refractivity contribution in [1.29, 1.82) is 0 Å². The van der Waals surface area contributed by atoms with E-state index in [9.17, 15) is 4.79 Å². The van der Waals surface area contributed by atoms with Gasteiger partial charge in [-0.15, -0.1) is 0 Å². The summed E-state index contributed by atoms with van der Waals surface area (Å²) in [6.45, 7) is 2.78. The monoisotopic (exact) mass is 372 g/mol. The van der Waals surface area contributed by atoms with Crippen molar-refractivity contribution in [2.75, 3.05) is 13.7 Å². The summed E-state index contributed by atoms with van der Waals surface area (Å²) >= 11 is 0. The van der Waals surface area contributed by atoms with E-state index in [1.54, 1.807) is 7.11 Å². The van der Waals surface area contributed by atoms with Gasteiger partial charge >= 0.3 is 0 Å². The van der Waals surface area contributed by atoms with Crippen molar-refractivity contribution in [3.63, 3.8) is 0 Å². The number of benzene rings is 2. The maximum atomic E-state index is 13.0. The second-order valence-electron chi connectivity index (χ2n) is 7.17. The molecule has 1 aliphatic heterocycles. The summed E-state index contributed by atoms with van der Waals surface area (Å²) in [4.78, 5) is 19.8. The molecule has 2 aromatic carbocycles. The lowest BCUT2D eigenvalue weighted by Crippen LogP contribution is -2.31. The summed E-state index contributed by atoms with van der Waals surface area (Å²) < 4.78 is 5.26. The first kappa shape index (κ1) is 18.2. The number of ether oxygens (including phenoxy) is 1. The van der Waals surface area contributed by atoms with Gasteiger partial charge < -0.3 is 9.64 Å². The molecule has 2 heterocycles. The second-order valence-corrected chi connectivity index (χ2v) is 7.17. The van der Waals surface area contributed by atoms with Crippen LogP contribution < -0.4 is 4.74 Å². The van der Waals surface area contributed by atoms with Crippen LogP contribution in [0.25, 0.3) is 11.1 Å². The molecule has 1 aromatic heterocycles. The van der Waals surface area contributed by atoms with E-state index in [-0.39, 0.29) is 11.9 Å². The predicted octanol–water partition coefficient (Wildman–Crippen LogP) is 5.04. The number of pyridine rings is 1. The fourth-order valence-electron chi connectivity index (χ4n) is 3.88. The van der Waals surface area contributed by atoms with E-state index in [0.29, 0.717) is 0 Å². The zero-order valence-electron chi connectivity index (χ0n) is 16.3. The Balaban J connectivity index is 1.66. The number of hydrogen-bond acceptors (Lipinski definition) is 3. The normalized spacial score (nSPS) is 16.2. The third-order valence-electron chi connectivity index (χ3n) is 5.27. The second kappa shape index (κ2) is 7.85. The molecule has 0 aliphatic carbocycles. The molecule has 0 saturated carbocycles. The molecule has 4 nitrogen and oxygen atoms in total. The lowest BCUT2D eigenvalue weighted by atomic mass is 10.0. The summed E-state index contributed by atoms with van der Waals surface area (Å²) in [5.41, 5.74) is 4.89. The number of amides is 1. The SMILES string of the molecule is COc1ccc(-c2cc(C)nc([C@H]3CCCN3C(=O)c3ccccc3)c2)cc1. The van der Waals surface area contributed by atoms with Crippen LogP contribution in [0.5, 0.6) is 5.75 Å². The number of likely N-dealkylation sites (tertiary alicyclic amines) is 1. The van der Waals surface area contributed by atoms with Crippen molar-refractivity contribution in [2.24, 2.45) is 0 Å². The number of carbonyl (C=O) groups is 1. The van der Waals surface area contributed by atoms with Crippen molar-refractivity contribution < 1.29 is 9.53 Å². The average Bonchev–Trinajstić information content (AvgIpc) is 3.23. The Morgan fingerprint density at radius 3 is 2.50 bits per heavy atom. The highest BCUT2D eigenvalue weighted by molar-refractivity contribution is 5.94. The minimum Gasteiger partial charge on any atom is -0.497 e. The number of rotatable bonds is 4. The minimum absolute atomic E-state index is 0.0182. The molecule has 3 aromatic rings. The van der Waals surface area contributed by atoms with Crippen molar-refractivity contribution in [2.45, 2.75) is 25.8 Å². The van der Waals surface area contributed by atoms with Gasteiger partial charge in [-0.25, -0.2) is 0 Å². The van der Waals surface area contributed by atoms with Gasteiger partial charge in [0, 0.05) is 17.8 Å². The van der Waals surface area contributed by atoms with Gasteiger partial charge in [-0.3, -0.25) is 9.78 Å². The van der Waals surface area contributed by atoms with E-state index in [1.807, 2.05) is 54.3 Å². The lowest BCUT2D eigenvalue weighted by Gasteiger charge is -2.25. The third-order valence-corrected chi connectivity index (χ3v) is 5.27. The summed E-state index contributed by atoms with van der Waals surface area (Å²) in [6, 6.07) is 21.8. The molecule has 0 N–H and O–H groups in total. The molecule has 0 bridgehead atoms. The summed E-state index contributed by atoms with van der Waals surface area (Å²) in [5, 5.41) is 0. The fraction of sp³-hybridized carbons (Fsp3) is 0.250. The molecule has 1 atom stereocenters. The first-order chi connectivity index (χ1) is 13.7. The van der Waals surface area contributed by atoms with E-state index in [1.165, 1.54) is 0 Å². The van der Waals surface area contributed by atoms with E-state index in [4.69, 9.17) is 9.72 Å². The maximum Gasteiger partial charge on any atom is 0.254 e. The Morgan fingerprint density at radius 2 is 1.79 bits per heavy atom. The highest BCUT2D eigenvalue weighted by Gasteiger charge is 2.31. The topological polar surface area (TPSA) is 42.4 Å². The molecule has 1 saturated heterocycles. The first-order valence-electron chi connectivity index (χ1n) is 9.65. The van der Waals surface area contributed by atoms with E-state index < -0.39 is 0 Å². The first-order valence-corrected chi connectivity index (χ1v) is 9.65. The molecule has 0 unspecified atom stereocenters. The van der Waals surface area contributed by atoms with Gasteiger partial charge in [0.1, 0.15) is 5.75 Å². The molecule has 0 radical (unpaired) electrons. The smallest absolute Gasteiger partial charge is 0.254 e. The van der Waals surface area contributed by atoms with E-state index in [2.05, 4.69) is 24.3 Å². The number of methoxy groups -OCH3 is 1. The van der Waals surface area contributed by atoms with E-state index >= 15 is 0 Å². The van der Waals surface area contributed by atoms with Crippen LogP contribution in [0, 0.1) is 6.92 Å². The standard InChI is InChI=1S/C24H24N2O2/c1-17-15-20(18-10-12-21(28-2)13-11-18)16-22(25-17)23-9-6-14-26(23)24(27)19-7-4-3-5-8-19/h3-5,7-8,10-13,15-16,23H,6,9,14H2,1-2H3/t23-/m1/s1. The van der Waals surface area contributed by atoms with Gasteiger partial charge in [0.25, 0.3) is 5.91 Å². The van der Waals surface area contributed by atoms with Crippen molar-refractivity contribution >= 4 is 5.91 Å². The largest absolute Gasteiger partial charge is 0.497 e. The number of hydrogen-bond donors (Lipinski definition) is 0. The quantitative estimate of drug-likeness (QED) is 0.644. The average molecular weight is 372 g/mol. The molecule has 28 heavy (non-hydrogen) atoms. The lowest BCUT2D eigenvalue weighted by molar-refractivity contribution is 0.0733. The Kier molecular flexibility index (Phi) is 5.11. The van der Waals surface area contributed by atoms with Crippen molar-refractivity contribution in [3.05, 3.63) is 83.7 Å². The van der Waals surface area contributed by atoms with Crippen LogP contribution in [0.1, 0.15) is 40.6 Å². The van der Waals surface area contributed by atoms with Gasteiger partial charge in [0.2, 0.25) is 0 Å². The number of aryl methyl sites for hydroxylation is 1. The third kappa shape index (κ3) is 3.63. The predicted molar refractivity (Wildman–Crippen MR) is 110 cm³/mol. The Labute approximate surface area is 165 Å². The van der Waals surface area contributed by atoms with Crippen LogP contribution in [0.4, 0.5) is 0 Å². The van der Waals surface area contributed by atoms with Gasteiger partial charge in [-0.1, -0.05) is 30.3 Å². The molecule has 1 aliphatic rings. The molecule has 1 fully saturated rings. The van der Waals surface area contributed by atoms with Crippen LogP contribution in [0.3, 0.4) is 0 Å². The Morgan fingerprint density at radius 1 is 1.04 bits per heavy atom. The van der Waals surface area contributed by atoms with Crippen LogP contribution >= 0.6 is 0 Å². The van der Waals surface area contributed by atoms with Crippen LogP contribution in [0.2, 0.25) is 0 Å². The molecule has 0 spiro atoms. The van der Waals surface area contributed by atoms with Gasteiger partial charge in [-0.05, 0) is 67.3 Å². The summed E-state index contributed by atoms with van der Waals surface area (Å²) in [5.74, 6) is 0.919. The zero-order valence-corrected chi connectivity index (χ0v) is 16.3. The van der Waals surface area contributed by atoms with Gasteiger partial charge in [0.15, 0.2) is 0 Å². The fourth-order valence-corrected chi connectivity index (χ4v) is 3.88. The molecule has 4 rings (SSSR count). The van der Waals surface area contributed by atoms with Gasteiger partial charge in [0.05, 0.1) is 18.8 Å². The highest BCUT2D eigenvalue weighted by Crippen LogP contribution is 2.34. The summed E-state index contributed by atoms with van der Waals surface area (Å²) in [6.07, 6.45) is 1.94. The highest BCUT2D eigenvalue weighted by atomic mass is 16.5. The van der Waals surface area contributed by atoms with E-state index in [0.717, 1.165) is 53.2 Å². The zero-order chi connectivity index (χ0) is 19.5. The number of aromatic nitrogens is 1. The van der Waals surface area contributed by atoms with Crippen molar-refractivity contribution in [3.8, 4) is 16.9 Å². The Bertz CT molecular complexity index is 968. The molecular weight excluding hydrogens is 348 g/mol. The van der Waals surface area contributed by atoms with Crippen LogP contribution in [-0.4, -0.2) is 29.4 Å². The molecular formula is C24H24N2O2. The van der Waals surface area contributed by atoms with Gasteiger partial charge in [-0.2, -0.15) is 0 Å². The van der Waals surface area contributed by atoms with Crippen LogP contribution in [-0.2, 0) is 0 Å². The van der Waals surface area contributed by atoms with Crippen molar-refractivity contribution in [1.82, 2.24) is 9.88 Å². The minimum atomic E-state index is 0.0182. The summed E-state index contributed by atoms with van der Waals surface area (Å²) in [7, 11) is 1.67. The molecule has 142 valence electrons. The molecule has 4 heteroatoms. The van der Waals surface area contributed by atoms with Crippen LogP contribution in [0.15, 0.2) is 66.7 Å². The molecule has 1 amide bonds. The Hall–Kier alpha value is -3.14. The number of carbonyl (C=O) groups excluding carboxylic acids is 1. The maximum absolute atomic E-state index is 13.0.